The first-order chi connectivity index (χ1) is 16.6. The van der Waals surface area contributed by atoms with Gasteiger partial charge in [0.05, 0.1) is 0 Å². The predicted molar refractivity (Wildman–Crippen MR) is 120 cm³/mol. The van der Waals surface area contributed by atoms with Crippen LogP contribution in [0.5, 0.6) is 23.0 Å². The maximum absolute atomic E-state index is 13.0. The molecular weight excluding hydrogens is 440 g/mol. The van der Waals surface area contributed by atoms with E-state index in [1.54, 1.807) is 54.6 Å². The highest BCUT2D eigenvalue weighted by molar-refractivity contribution is 6.02. The third-order valence-corrected chi connectivity index (χ3v) is 5.31. The van der Waals surface area contributed by atoms with Crippen molar-refractivity contribution in [1.82, 2.24) is 5.32 Å². The van der Waals surface area contributed by atoms with Gasteiger partial charge in [0, 0.05) is 22.9 Å². The first-order valence-electron chi connectivity index (χ1n) is 10.6. The molecule has 172 valence electrons. The van der Waals surface area contributed by atoms with Crippen molar-refractivity contribution in [1.29, 1.82) is 0 Å². The van der Waals surface area contributed by atoms with Crippen molar-refractivity contribution in [3.8, 4) is 23.0 Å². The van der Waals surface area contributed by atoms with Gasteiger partial charge in [0.15, 0.2) is 18.1 Å². The van der Waals surface area contributed by atoms with Crippen molar-refractivity contribution in [3.05, 3.63) is 77.9 Å². The zero-order valence-electron chi connectivity index (χ0n) is 17.9. The van der Waals surface area contributed by atoms with Crippen molar-refractivity contribution in [3.63, 3.8) is 0 Å². The molecule has 5 rings (SSSR count). The van der Waals surface area contributed by atoms with Crippen molar-refractivity contribution < 1.29 is 33.3 Å². The number of rotatable bonds is 4. The molecule has 2 aliphatic heterocycles. The molecule has 9 nitrogen and oxygen atoms in total. The summed E-state index contributed by atoms with van der Waals surface area (Å²) in [5.41, 5.74) is 1.70. The van der Waals surface area contributed by atoms with Gasteiger partial charge in [-0.25, -0.2) is 4.79 Å². The van der Waals surface area contributed by atoms with Crippen LogP contribution in [0.25, 0.3) is 0 Å². The number of amides is 3. The van der Waals surface area contributed by atoms with Crippen molar-refractivity contribution in [2.75, 3.05) is 25.1 Å². The lowest BCUT2D eigenvalue weighted by Gasteiger charge is -2.26. The van der Waals surface area contributed by atoms with Crippen LogP contribution >= 0.6 is 0 Å². The molecule has 0 fully saturated rings. The lowest BCUT2D eigenvalue weighted by atomic mass is 9.88. The molecule has 0 aromatic heterocycles. The van der Waals surface area contributed by atoms with Crippen LogP contribution in [-0.2, 0) is 14.3 Å². The summed E-state index contributed by atoms with van der Waals surface area (Å²) in [4.78, 5) is 37.4. The number of esters is 1. The number of hydrogen-bond acceptors (Lipinski definition) is 7. The van der Waals surface area contributed by atoms with E-state index in [1.165, 1.54) is 0 Å². The Labute approximate surface area is 194 Å². The fourth-order valence-electron chi connectivity index (χ4n) is 3.83. The molecule has 0 atom stereocenters. The van der Waals surface area contributed by atoms with Crippen LogP contribution in [0.15, 0.2) is 66.7 Å². The third-order valence-electron chi connectivity index (χ3n) is 5.31. The van der Waals surface area contributed by atoms with Gasteiger partial charge in [-0.1, -0.05) is 36.4 Å². The Morgan fingerprint density at radius 2 is 1.47 bits per heavy atom. The van der Waals surface area contributed by atoms with E-state index in [0.29, 0.717) is 53.0 Å². The molecule has 0 spiro atoms. The maximum atomic E-state index is 13.0. The largest absolute Gasteiger partial charge is 0.486 e. The van der Waals surface area contributed by atoms with Gasteiger partial charge in [0.2, 0.25) is 0 Å². The minimum Gasteiger partial charge on any atom is -0.486 e. The molecule has 0 radical (unpaired) electrons. The lowest BCUT2D eigenvalue weighted by Crippen LogP contribution is -2.37. The molecule has 3 aromatic rings. The third kappa shape index (κ3) is 4.36. The summed E-state index contributed by atoms with van der Waals surface area (Å²) in [5.74, 6) is 0.0405. The van der Waals surface area contributed by atoms with E-state index in [1.807, 2.05) is 12.1 Å². The second kappa shape index (κ2) is 9.14. The quantitative estimate of drug-likeness (QED) is 0.572. The van der Waals surface area contributed by atoms with E-state index in [0.717, 1.165) is 0 Å². The molecule has 0 saturated carbocycles. The highest BCUT2D eigenvalue weighted by atomic mass is 16.6. The Balaban J connectivity index is 1.20. The molecule has 0 saturated heterocycles. The zero-order valence-corrected chi connectivity index (χ0v) is 17.9. The standard InChI is InChI=1S/C25H20N2O7/c28-22(27-25(30)26-15-9-10-20-21(13-15)32-12-11-31-20)14-33-24(29)23-16-5-1-3-7-18(16)34-19-8-4-2-6-17(19)23/h1-10,13,23H,11-12,14H2,(H2,26,27,28,30). The van der Waals surface area contributed by atoms with E-state index in [-0.39, 0.29) is 0 Å². The summed E-state index contributed by atoms with van der Waals surface area (Å²) in [6, 6.07) is 18.4. The normalized spacial score (nSPS) is 13.5. The Morgan fingerprint density at radius 1 is 0.824 bits per heavy atom. The Morgan fingerprint density at radius 3 is 2.18 bits per heavy atom. The Kier molecular flexibility index (Phi) is 5.73. The maximum Gasteiger partial charge on any atom is 0.325 e. The summed E-state index contributed by atoms with van der Waals surface area (Å²) < 4.78 is 22.0. The number of imide groups is 1. The molecule has 34 heavy (non-hydrogen) atoms. The molecule has 3 amide bonds. The molecule has 0 bridgehead atoms. The number of hydrogen-bond donors (Lipinski definition) is 2. The molecular formula is C25H20N2O7. The van der Waals surface area contributed by atoms with Crippen LogP contribution in [0.3, 0.4) is 0 Å². The summed E-state index contributed by atoms with van der Waals surface area (Å²) in [7, 11) is 0. The lowest BCUT2D eigenvalue weighted by molar-refractivity contribution is -0.149. The topological polar surface area (TPSA) is 112 Å². The molecule has 0 aliphatic carbocycles. The molecule has 2 aliphatic rings. The number of ether oxygens (including phenoxy) is 4. The van der Waals surface area contributed by atoms with Gasteiger partial charge in [-0.3, -0.25) is 14.9 Å². The van der Waals surface area contributed by atoms with Gasteiger partial charge in [-0.15, -0.1) is 0 Å². The average Bonchev–Trinajstić information content (AvgIpc) is 2.85. The van der Waals surface area contributed by atoms with Crippen LogP contribution < -0.4 is 24.8 Å². The van der Waals surface area contributed by atoms with Crippen LogP contribution in [0, 0.1) is 0 Å². The zero-order chi connectivity index (χ0) is 23.5. The van der Waals surface area contributed by atoms with Gasteiger partial charge in [0.25, 0.3) is 5.91 Å². The number of urea groups is 1. The van der Waals surface area contributed by atoms with E-state index in [2.05, 4.69) is 10.6 Å². The van der Waals surface area contributed by atoms with E-state index in [9.17, 15) is 14.4 Å². The minimum absolute atomic E-state index is 0.411. The summed E-state index contributed by atoms with van der Waals surface area (Å²) in [6.07, 6.45) is 0. The monoisotopic (exact) mass is 460 g/mol. The van der Waals surface area contributed by atoms with Crippen molar-refractivity contribution >= 4 is 23.6 Å². The van der Waals surface area contributed by atoms with E-state index < -0.39 is 30.4 Å². The number of carbonyl (C=O) groups is 3. The molecule has 9 heteroatoms. The fourth-order valence-corrected chi connectivity index (χ4v) is 3.83. The van der Waals surface area contributed by atoms with Crippen LogP contribution in [0.4, 0.5) is 10.5 Å². The predicted octanol–water partition coefficient (Wildman–Crippen LogP) is 3.59. The van der Waals surface area contributed by atoms with Crippen LogP contribution in [0.1, 0.15) is 17.0 Å². The van der Waals surface area contributed by atoms with Gasteiger partial charge in [0.1, 0.15) is 30.6 Å². The highest BCUT2D eigenvalue weighted by Crippen LogP contribution is 2.44. The summed E-state index contributed by atoms with van der Waals surface area (Å²) in [6.45, 7) is 0.252. The number of para-hydroxylation sites is 2. The smallest absolute Gasteiger partial charge is 0.325 e. The minimum atomic E-state index is -0.767. The summed E-state index contributed by atoms with van der Waals surface area (Å²) >= 11 is 0. The van der Waals surface area contributed by atoms with E-state index >= 15 is 0 Å². The Bertz CT molecular complexity index is 1230. The highest BCUT2D eigenvalue weighted by Gasteiger charge is 2.34. The van der Waals surface area contributed by atoms with Crippen molar-refractivity contribution in [2.45, 2.75) is 5.92 Å². The summed E-state index contributed by atoms with van der Waals surface area (Å²) in [5, 5.41) is 4.68. The number of carbonyl (C=O) groups excluding carboxylic acids is 3. The number of benzene rings is 3. The van der Waals surface area contributed by atoms with Gasteiger partial charge in [-0.2, -0.15) is 0 Å². The second-order valence-corrected chi connectivity index (χ2v) is 7.58. The second-order valence-electron chi connectivity index (χ2n) is 7.58. The van der Waals surface area contributed by atoms with Crippen LogP contribution in [0.2, 0.25) is 0 Å². The van der Waals surface area contributed by atoms with Gasteiger partial charge in [-0.05, 0) is 24.3 Å². The first-order valence-corrected chi connectivity index (χ1v) is 10.6. The molecule has 2 N–H and O–H groups in total. The molecule has 0 unspecified atom stereocenters. The number of anilines is 1. The van der Waals surface area contributed by atoms with Crippen LogP contribution in [-0.4, -0.2) is 37.7 Å². The number of fused-ring (bicyclic) bond motifs is 3. The average molecular weight is 460 g/mol. The number of nitrogens with one attached hydrogen (secondary N) is 2. The van der Waals surface area contributed by atoms with E-state index in [4.69, 9.17) is 18.9 Å². The van der Waals surface area contributed by atoms with Crippen molar-refractivity contribution in [2.24, 2.45) is 0 Å². The molecule has 2 heterocycles. The fraction of sp³-hybridized carbons (Fsp3) is 0.160. The van der Waals surface area contributed by atoms with Gasteiger partial charge < -0.3 is 24.3 Å². The first kappa shape index (κ1) is 21.3. The Hall–Kier alpha value is -4.53. The van der Waals surface area contributed by atoms with Gasteiger partial charge >= 0.3 is 12.0 Å². The SMILES string of the molecule is O=C(COC(=O)C1c2ccccc2Oc2ccccc21)NC(=O)Nc1ccc2c(c1)OCCO2. The molecule has 3 aromatic carbocycles.